The van der Waals surface area contributed by atoms with Gasteiger partial charge in [-0.2, -0.15) is 0 Å². The van der Waals surface area contributed by atoms with Gasteiger partial charge in [0.2, 0.25) is 0 Å². The Morgan fingerprint density at radius 2 is 2.16 bits per heavy atom. The minimum absolute atomic E-state index is 0.226. The molecule has 2 N–H and O–H groups in total. The molecule has 0 saturated carbocycles. The molecule has 0 radical (unpaired) electrons. The molecule has 2 rings (SSSR count). The van der Waals surface area contributed by atoms with Crippen LogP contribution in [-0.2, 0) is 26.3 Å². The van der Waals surface area contributed by atoms with Gasteiger partial charge in [-0.25, -0.2) is 0 Å². The van der Waals surface area contributed by atoms with E-state index in [-0.39, 0.29) is 12.4 Å². The number of ether oxygens (including phenoxy) is 2. The van der Waals surface area contributed by atoms with E-state index in [0.717, 1.165) is 11.1 Å². The Kier molecular flexibility index (Phi) is 3.65. The number of carbonyl (C=O) groups is 1. The first-order chi connectivity index (χ1) is 8.90. The number of esters is 1. The fourth-order valence-corrected chi connectivity index (χ4v) is 2.75. The molecule has 0 bridgehead atoms. The van der Waals surface area contributed by atoms with E-state index in [4.69, 9.17) is 15.2 Å². The van der Waals surface area contributed by atoms with E-state index in [1.807, 2.05) is 38.1 Å². The maximum absolute atomic E-state index is 11.8. The fraction of sp³-hybridized carbons (Fsp3) is 0.533. The minimum Gasteiger partial charge on any atom is -0.469 e. The van der Waals surface area contributed by atoms with Crippen molar-refractivity contribution in [2.75, 3.05) is 13.7 Å². The molecule has 0 saturated heterocycles. The zero-order chi connectivity index (χ0) is 14.1. The average Bonchev–Trinajstić information content (AvgIpc) is 2.37. The summed E-state index contributed by atoms with van der Waals surface area (Å²) in [5.74, 6) is -0.265. The van der Waals surface area contributed by atoms with Crippen molar-refractivity contribution in [2.45, 2.75) is 37.8 Å². The van der Waals surface area contributed by atoms with Gasteiger partial charge in [-0.1, -0.05) is 24.3 Å². The van der Waals surface area contributed by atoms with Gasteiger partial charge in [0, 0.05) is 11.0 Å². The number of hydrogen-bond acceptors (Lipinski definition) is 4. The number of fused-ring (bicyclic) bond motifs is 1. The smallest absolute Gasteiger partial charge is 0.306 e. The summed E-state index contributed by atoms with van der Waals surface area (Å²) in [6.07, 6.45) is 0.226. The van der Waals surface area contributed by atoms with Crippen molar-refractivity contribution in [1.29, 1.82) is 0 Å². The molecule has 4 nitrogen and oxygen atoms in total. The molecule has 104 valence electrons. The summed E-state index contributed by atoms with van der Waals surface area (Å²) < 4.78 is 10.5. The van der Waals surface area contributed by atoms with E-state index in [0.29, 0.717) is 13.2 Å². The van der Waals surface area contributed by atoms with Crippen LogP contribution in [-0.4, -0.2) is 25.2 Å². The van der Waals surface area contributed by atoms with Crippen LogP contribution < -0.4 is 5.73 Å². The highest BCUT2D eigenvalue weighted by molar-refractivity contribution is 5.72. The largest absolute Gasteiger partial charge is 0.469 e. The lowest BCUT2D eigenvalue weighted by Crippen LogP contribution is -2.59. The third-order valence-electron chi connectivity index (χ3n) is 4.05. The van der Waals surface area contributed by atoms with E-state index in [9.17, 15) is 4.79 Å². The molecule has 0 fully saturated rings. The highest BCUT2D eigenvalue weighted by Crippen LogP contribution is 2.42. The molecule has 4 heteroatoms. The van der Waals surface area contributed by atoms with Gasteiger partial charge < -0.3 is 15.2 Å². The zero-order valence-corrected chi connectivity index (χ0v) is 11.7. The van der Waals surface area contributed by atoms with Crippen LogP contribution in [0.4, 0.5) is 0 Å². The maximum Gasteiger partial charge on any atom is 0.306 e. The third-order valence-corrected chi connectivity index (χ3v) is 4.05. The highest BCUT2D eigenvalue weighted by Gasteiger charge is 2.49. The van der Waals surface area contributed by atoms with Crippen LogP contribution in [0.2, 0.25) is 0 Å². The Balaban J connectivity index is 2.54. The molecule has 19 heavy (non-hydrogen) atoms. The first-order valence-electron chi connectivity index (χ1n) is 6.42. The average molecular weight is 263 g/mol. The second kappa shape index (κ2) is 4.94. The molecular weight excluding hydrogens is 242 g/mol. The minimum atomic E-state index is -0.586. The first kappa shape index (κ1) is 14.0. The molecule has 1 aromatic carbocycles. The van der Waals surface area contributed by atoms with Gasteiger partial charge in [-0.3, -0.25) is 4.79 Å². The van der Waals surface area contributed by atoms with Gasteiger partial charge in [0.1, 0.15) is 0 Å². The van der Waals surface area contributed by atoms with Gasteiger partial charge in [0.25, 0.3) is 0 Å². The molecule has 1 atom stereocenters. The number of nitrogens with two attached hydrogens (primary N) is 1. The monoisotopic (exact) mass is 263 g/mol. The summed E-state index contributed by atoms with van der Waals surface area (Å²) in [5, 5.41) is 0. The van der Waals surface area contributed by atoms with Gasteiger partial charge in [0.05, 0.1) is 26.7 Å². The van der Waals surface area contributed by atoms with E-state index in [1.165, 1.54) is 7.11 Å². The molecule has 1 aliphatic rings. The highest BCUT2D eigenvalue weighted by atomic mass is 16.5. The quantitative estimate of drug-likeness (QED) is 0.844. The van der Waals surface area contributed by atoms with Crippen molar-refractivity contribution in [3.8, 4) is 0 Å². The molecule has 0 amide bonds. The Hall–Kier alpha value is -1.39. The Morgan fingerprint density at radius 3 is 2.79 bits per heavy atom. The van der Waals surface area contributed by atoms with Crippen molar-refractivity contribution in [3.05, 3.63) is 35.4 Å². The molecule has 0 aromatic heterocycles. The Bertz CT molecular complexity index is 479. The van der Waals surface area contributed by atoms with Crippen LogP contribution in [0.5, 0.6) is 0 Å². The zero-order valence-electron chi connectivity index (χ0n) is 11.7. The van der Waals surface area contributed by atoms with Crippen molar-refractivity contribution in [2.24, 2.45) is 5.73 Å². The molecule has 0 aliphatic carbocycles. The van der Waals surface area contributed by atoms with Crippen LogP contribution in [0, 0.1) is 0 Å². The second-order valence-electron chi connectivity index (χ2n) is 5.71. The van der Waals surface area contributed by atoms with Crippen LogP contribution in [0.3, 0.4) is 0 Å². The fourth-order valence-electron chi connectivity index (χ4n) is 2.75. The number of rotatable bonds is 3. The first-order valence-corrected chi connectivity index (χ1v) is 6.42. The Morgan fingerprint density at radius 1 is 1.47 bits per heavy atom. The second-order valence-corrected chi connectivity index (χ2v) is 5.71. The molecule has 1 heterocycles. The van der Waals surface area contributed by atoms with Crippen LogP contribution in [0.15, 0.2) is 24.3 Å². The number of carbonyl (C=O) groups excluding carboxylic acids is 1. The van der Waals surface area contributed by atoms with Gasteiger partial charge in [-0.05, 0) is 25.0 Å². The van der Waals surface area contributed by atoms with Crippen LogP contribution in [0.1, 0.15) is 31.4 Å². The SMILES string of the molecule is COC(=O)CC1(C(C)(C)N)COCc2ccccc21. The summed E-state index contributed by atoms with van der Waals surface area (Å²) >= 11 is 0. The van der Waals surface area contributed by atoms with Crippen LogP contribution in [0.25, 0.3) is 0 Å². The van der Waals surface area contributed by atoms with E-state index in [2.05, 4.69) is 0 Å². The predicted molar refractivity (Wildman–Crippen MR) is 72.7 cm³/mol. The summed E-state index contributed by atoms with van der Waals surface area (Å²) in [6, 6.07) is 8.00. The van der Waals surface area contributed by atoms with Crippen molar-refractivity contribution < 1.29 is 14.3 Å². The van der Waals surface area contributed by atoms with Gasteiger partial charge >= 0.3 is 5.97 Å². The lowest BCUT2D eigenvalue weighted by atomic mass is 9.63. The number of hydrogen-bond donors (Lipinski definition) is 1. The standard InChI is InChI=1S/C15H21NO3/c1-14(2,16)15(8-13(17)18-3)10-19-9-11-6-4-5-7-12(11)15/h4-7H,8-10,16H2,1-3H3. The lowest BCUT2D eigenvalue weighted by Gasteiger charge is -2.47. The van der Waals surface area contributed by atoms with Crippen molar-refractivity contribution in [3.63, 3.8) is 0 Å². The molecule has 1 aromatic rings. The normalized spacial score (nSPS) is 22.7. The summed E-state index contributed by atoms with van der Waals surface area (Å²) in [4.78, 5) is 11.8. The Labute approximate surface area is 113 Å². The molecule has 1 unspecified atom stereocenters. The van der Waals surface area contributed by atoms with E-state index < -0.39 is 11.0 Å². The number of methoxy groups -OCH3 is 1. The van der Waals surface area contributed by atoms with Gasteiger partial charge in [-0.15, -0.1) is 0 Å². The van der Waals surface area contributed by atoms with Gasteiger partial charge in [0.15, 0.2) is 0 Å². The summed E-state index contributed by atoms with van der Waals surface area (Å²) in [6.45, 7) is 4.86. The van der Waals surface area contributed by atoms with Crippen molar-refractivity contribution in [1.82, 2.24) is 0 Å². The molecule has 0 spiro atoms. The number of benzene rings is 1. The molecular formula is C15H21NO3. The summed E-state index contributed by atoms with van der Waals surface area (Å²) in [5.41, 5.74) is 7.43. The molecule has 1 aliphatic heterocycles. The predicted octanol–water partition coefficient (Wildman–Crippen LogP) is 1.75. The topological polar surface area (TPSA) is 61.5 Å². The van der Waals surface area contributed by atoms with E-state index in [1.54, 1.807) is 0 Å². The maximum atomic E-state index is 11.8. The van der Waals surface area contributed by atoms with E-state index >= 15 is 0 Å². The third kappa shape index (κ3) is 2.38. The van der Waals surface area contributed by atoms with Crippen molar-refractivity contribution >= 4 is 5.97 Å². The van der Waals surface area contributed by atoms with Crippen LogP contribution >= 0.6 is 0 Å². The summed E-state index contributed by atoms with van der Waals surface area (Å²) in [7, 11) is 1.40. The lowest BCUT2D eigenvalue weighted by molar-refractivity contribution is -0.144.